The summed E-state index contributed by atoms with van der Waals surface area (Å²) in [5.41, 5.74) is 5.61. The molecule has 0 saturated carbocycles. The molecule has 0 saturated heterocycles. The Morgan fingerprint density at radius 2 is 1.89 bits per heavy atom. The summed E-state index contributed by atoms with van der Waals surface area (Å²) in [6.45, 7) is 0.791. The Kier molecular flexibility index (Phi) is 5.26. The van der Waals surface area contributed by atoms with Crippen LogP contribution in [-0.4, -0.2) is 17.1 Å². The van der Waals surface area contributed by atoms with Crippen LogP contribution in [0.4, 0.5) is 29.1 Å². The number of fused-ring (bicyclic) bond motifs is 1. The van der Waals surface area contributed by atoms with Crippen molar-refractivity contribution >= 4 is 22.4 Å². The van der Waals surface area contributed by atoms with Gasteiger partial charge in [0, 0.05) is 11.1 Å². The van der Waals surface area contributed by atoms with E-state index in [1.54, 1.807) is 25.1 Å². The fourth-order valence-corrected chi connectivity index (χ4v) is 2.83. The minimum absolute atomic E-state index is 0.00265. The lowest BCUT2D eigenvalue weighted by atomic mass is 10.0. The maximum absolute atomic E-state index is 13.2. The Labute approximate surface area is 158 Å². The number of ether oxygens (including phenoxy) is 1. The molecule has 0 aliphatic heterocycles. The molecule has 148 valence electrons. The van der Waals surface area contributed by atoms with Gasteiger partial charge in [-0.15, -0.1) is 0 Å². The third-order valence-electron chi connectivity index (χ3n) is 4.23. The molecule has 1 heterocycles. The van der Waals surface area contributed by atoms with Crippen molar-refractivity contribution in [2.24, 2.45) is 0 Å². The number of hydrogen-bond donors (Lipinski definition) is 2. The van der Waals surface area contributed by atoms with Crippen LogP contribution in [0.3, 0.4) is 0 Å². The molecule has 3 N–H and O–H groups in total. The highest BCUT2D eigenvalue weighted by Gasteiger charge is 2.31. The third kappa shape index (κ3) is 4.08. The van der Waals surface area contributed by atoms with Crippen LogP contribution in [0.15, 0.2) is 36.4 Å². The lowest BCUT2D eigenvalue weighted by Crippen LogP contribution is -2.13. The highest BCUT2D eigenvalue weighted by molar-refractivity contribution is 5.90. The second-order valence-corrected chi connectivity index (χ2v) is 6.26. The first-order chi connectivity index (χ1) is 13.2. The fraction of sp³-hybridized carbons (Fsp3) is 0.263. The van der Waals surface area contributed by atoms with Gasteiger partial charge in [0.2, 0.25) is 0 Å². The molecule has 3 aromatic rings. The van der Waals surface area contributed by atoms with Crippen molar-refractivity contribution in [3.05, 3.63) is 53.3 Å². The lowest BCUT2D eigenvalue weighted by Gasteiger charge is -2.19. The summed E-state index contributed by atoms with van der Waals surface area (Å²) in [7, 11) is 1.50. The molecule has 2 aromatic carbocycles. The Morgan fingerprint density at radius 1 is 1.14 bits per heavy atom. The van der Waals surface area contributed by atoms with Gasteiger partial charge in [-0.2, -0.15) is 13.2 Å². The molecule has 9 heteroatoms. The Hall–Kier alpha value is -3.10. The summed E-state index contributed by atoms with van der Waals surface area (Å²) in [6.07, 6.45) is -4.51. The third-order valence-corrected chi connectivity index (χ3v) is 4.23. The van der Waals surface area contributed by atoms with Crippen LogP contribution < -0.4 is 15.8 Å². The second kappa shape index (κ2) is 7.49. The van der Waals surface area contributed by atoms with Crippen LogP contribution in [0.2, 0.25) is 0 Å². The van der Waals surface area contributed by atoms with Gasteiger partial charge in [-0.1, -0.05) is 0 Å². The zero-order valence-electron chi connectivity index (χ0n) is 15.1. The van der Waals surface area contributed by atoms with E-state index in [2.05, 4.69) is 15.3 Å². The zero-order chi connectivity index (χ0) is 20.5. The first-order valence-corrected chi connectivity index (χ1v) is 8.36. The van der Waals surface area contributed by atoms with Crippen molar-refractivity contribution in [2.45, 2.75) is 25.8 Å². The van der Waals surface area contributed by atoms with Gasteiger partial charge < -0.3 is 15.8 Å². The van der Waals surface area contributed by atoms with Crippen molar-refractivity contribution in [2.75, 3.05) is 18.2 Å². The largest absolute Gasteiger partial charge is 0.497 e. The molecule has 5 nitrogen and oxygen atoms in total. The maximum Gasteiger partial charge on any atom is 0.416 e. The van der Waals surface area contributed by atoms with E-state index in [9.17, 15) is 17.6 Å². The molecule has 0 fully saturated rings. The zero-order valence-corrected chi connectivity index (χ0v) is 15.1. The highest BCUT2D eigenvalue weighted by atomic mass is 19.4. The molecule has 0 aliphatic carbocycles. The lowest BCUT2D eigenvalue weighted by molar-refractivity contribution is -0.137. The molecule has 0 spiro atoms. The van der Waals surface area contributed by atoms with E-state index in [4.69, 9.17) is 10.5 Å². The number of hydrogen-bond acceptors (Lipinski definition) is 5. The molecule has 28 heavy (non-hydrogen) atoms. The molecule has 3 rings (SSSR count). The number of nitrogens with one attached hydrogen (secondary N) is 1. The summed E-state index contributed by atoms with van der Waals surface area (Å²) >= 11 is 0. The van der Waals surface area contributed by atoms with Gasteiger partial charge in [0.25, 0.3) is 0 Å². The van der Waals surface area contributed by atoms with E-state index < -0.39 is 24.5 Å². The molecule has 0 unspecified atom stereocenters. The number of anilines is 2. The van der Waals surface area contributed by atoms with Crippen LogP contribution in [-0.2, 0) is 12.9 Å². The quantitative estimate of drug-likeness (QED) is 0.477. The number of benzene rings is 2. The van der Waals surface area contributed by atoms with Crippen LogP contribution in [0.1, 0.15) is 29.9 Å². The standard InChI is InChI=1S/C19H18F4N4O/c1-10(11-5-12(19(21,22)23)7-13(24)6-11)25-18-15-8-14(28-2)3-4-16(15)26-17(9-20)27-18/h3-8,10H,9,24H2,1-2H3,(H,25,26,27)/t10-/m1/s1. The van der Waals surface area contributed by atoms with Crippen molar-refractivity contribution in [3.8, 4) is 5.75 Å². The van der Waals surface area contributed by atoms with Crippen molar-refractivity contribution in [1.29, 1.82) is 0 Å². The Balaban J connectivity index is 2.03. The number of nitrogens with zero attached hydrogens (tertiary/aromatic N) is 2. The van der Waals surface area contributed by atoms with E-state index in [1.165, 1.54) is 13.2 Å². The fourth-order valence-electron chi connectivity index (χ4n) is 2.83. The molecule has 0 amide bonds. The van der Waals surface area contributed by atoms with Gasteiger partial charge in [-0.25, -0.2) is 14.4 Å². The number of rotatable bonds is 5. The number of aromatic nitrogens is 2. The second-order valence-electron chi connectivity index (χ2n) is 6.26. The van der Waals surface area contributed by atoms with Crippen molar-refractivity contribution < 1.29 is 22.3 Å². The molecule has 1 atom stereocenters. The van der Waals surface area contributed by atoms with Gasteiger partial charge in [0.1, 0.15) is 18.2 Å². The summed E-state index contributed by atoms with van der Waals surface area (Å²) in [6, 6.07) is 7.78. The molecule has 0 radical (unpaired) electrons. The van der Waals surface area contributed by atoms with E-state index in [-0.39, 0.29) is 11.5 Å². The molecule has 0 bridgehead atoms. The monoisotopic (exact) mass is 394 g/mol. The van der Waals surface area contributed by atoms with E-state index in [0.717, 1.165) is 12.1 Å². The van der Waals surface area contributed by atoms with Gasteiger partial charge in [0.05, 0.1) is 24.2 Å². The minimum Gasteiger partial charge on any atom is -0.497 e. The average molecular weight is 394 g/mol. The van der Waals surface area contributed by atoms with Gasteiger partial charge in [-0.05, 0) is 48.9 Å². The first kappa shape index (κ1) is 19.7. The first-order valence-electron chi connectivity index (χ1n) is 8.36. The highest BCUT2D eigenvalue weighted by Crippen LogP contribution is 2.34. The topological polar surface area (TPSA) is 73.1 Å². The van der Waals surface area contributed by atoms with Crippen LogP contribution >= 0.6 is 0 Å². The van der Waals surface area contributed by atoms with Gasteiger partial charge in [-0.3, -0.25) is 0 Å². The summed E-state index contributed by atoms with van der Waals surface area (Å²) < 4.78 is 57.6. The number of nitrogens with two attached hydrogens (primary N) is 1. The van der Waals surface area contributed by atoms with Crippen molar-refractivity contribution in [1.82, 2.24) is 9.97 Å². The number of halogens is 4. The molecular weight excluding hydrogens is 376 g/mol. The predicted molar refractivity (Wildman–Crippen MR) is 98.8 cm³/mol. The molecule has 0 aliphatic rings. The van der Waals surface area contributed by atoms with Gasteiger partial charge in [0.15, 0.2) is 5.82 Å². The number of nitrogen functional groups attached to an aromatic ring is 1. The van der Waals surface area contributed by atoms with Crippen molar-refractivity contribution in [3.63, 3.8) is 0 Å². The van der Waals surface area contributed by atoms with Gasteiger partial charge >= 0.3 is 6.18 Å². The summed E-state index contributed by atoms with van der Waals surface area (Å²) in [5, 5.41) is 3.60. The SMILES string of the molecule is COc1ccc2nc(CF)nc(N[C@H](C)c3cc(N)cc(C(F)(F)F)c3)c2c1. The van der Waals surface area contributed by atoms with E-state index >= 15 is 0 Å². The van der Waals surface area contributed by atoms with E-state index in [0.29, 0.717) is 28.0 Å². The maximum atomic E-state index is 13.2. The van der Waals surface area contributed by atoms with Crippen LogP contribution in [0, 0.1) is 0 Å². The van der Waals surface area contributed by atoms with Crippen LogP contribution in [0.25, 0.3) is 10.9 Å². The average Bonchev–Trinajstić information content (AvgIpc) is 2.66. The summed E-state index contributed by atoms with van der Waals surface area (Å²) in [5.74, 6) is 0.805. The normalized spacial score (nSPS) is 12.8. The number of methoxy groups -OCH3 is 1. The Bertz CT molecular complexity index is 1010. The van der Waals surface area contributed by atoms with Crippen LogP contribution in [0.5, 0.6) is 5.75 Å². The minimum atomic E-state index is -4.51. The molecule has 1 aromatic heterocycles. The molecular formula is C19H18F4N4O. The predicted octanol–water partition coefficient (Wildman–Crippen LogP) is 4.88. The van der Waals surface area contributed by atoms with E-state index in [1.807, 2.05) is 0 Å². The number of alkyl halides is 4. The summed E-state index contributed by atoms with van der Waals surface area (Å²) in [4.78, 5) is 8.27. The smallest absolute Gasteiger partial charge is 0.416 e. The Morgan fingerprint density at radius 3 is 2.54 bits per heavy atom.